The highest BCUT2D eigenvalue weighted by molar-refractivity contribution is 5.86. The van der Waals surface area contributed by atoms with E-state index in [1.165, 1.54) is 0 Å². The lowest BCUT2D eigenvalue weighted by atomic mass is 9.98. The third-order valence-electron chi connectivity index (χ3n) is 4.70. The van der Waals surface area contributed by atoms with Gasteiger partial charge in [-0.05, 0) is 32.1 Å². The molecule has 7 heteroatoms. The number of likely N-dealkylation sites (tertiary alicyclic amines) is 1. The number of hydrogen-bond acceptors (Lipinski definition) is 5. The van der Waals surface area contributed by atoms with E-state index < -0.39 is 5.92 Å². The van der Waals surface area contributed by atoms with Gasteiger partial charge in [0.05, 0.1) is 25.1 Å². The number of cyclic esters (lactones) is 1. The summed E-state index contributed by atoms with van der Waals surface area (Å²) in [5.41, 5.74) is 0. The van der Waals surface area contributed by atoms with Gasteiger partial charge in [0.15, 0.2) is 0 Å². The summed E-state index contributed by atoms with van der Waals surface area (Å²) in [6.07, 6.45) is 8.01. The summed E-state index contributed by atoms with van der Waals surface area (Å²) in [5.74, 6) is -0.980. The Kier molecular flexibility index (Phi) is 7.91. The largest absolute Gasteiger partial charge is 0.464 e. The number of allylic oxidation sites excluding steroid dienone is 2. The first-order chi connectivity index (χ1) is 12.1. The van der Waals surface area contributed by atoms with Crippen molar-refractivity contribution >= 4 is 17.8 Å². The Balaban J connectivity index is 1.95. The zero-order valence-electron chi connectivity index (χ0n) is 14.6. The van der Waals surface area contributed by atoms with E-state index >= 15 is 0 Å². The third kappa shape index (κ3) is 6.16. The van der Waals surface area contributed by atoms with Crippen LogP contribution >= 0.6 is 0 Å². The van der Waals surface area contributed by atoms with Crippen molar-refractivity contribution in [3.8, 4) is 0 Å². The maximum Gasteiger partial charge on any atom is 0.305 e. The molecule has 25 heavy (non-hydrogen) atoms. The van der Waals surface area contributed by atoms with Gasteiger partial charge in [-0.25, -0.2) is 0 Å². The quantitative estimate of drug-likeness (QED) is 0.578. The molecule has 2 heterocycles. The van der Waals surface area contributed by atoms with E-state index in [9.17, 15) is 19.5 Å². The molecule has 0 saturated carbocycles. The van der Waals surface area contributed by atoms with Crippen molar-refractivity contribution in [1.82, 2.24) is 10.2 Å². The van der Waals surface area contributed by atoms with Crippen molar-refractivity contribution < 1.29 is 24.2 Å². The fraction of sp³-hybridized carbons (Fsp3) is 0.722. The number of carbonyl (C=O) groups excluding carboxylic acids is 3. The number of nitrogens with zero attached hydrogens (tertiary/aromatic N) is 1. The van der Waals surface area contributed by atoms with Crippen molar-refractivity contribution in [2.75, 3.05) is 26.3 Å². The van der Waals surface area contributed by atoms with Crippen LogP contribution in [0.3, 0.4) is 0 Å². The van der Waals surface area contributed by atoms with Crippen molar-refractivity contribution in [3.63, 3.8) is 0 Å². The third-order valence-corrected chi connectivity index (χ3v) is 4.70. The van der Waals surface area contributed by atoms with E-state index in [2.05, 4.69) is 5.32 Å². The topological polar surface area (TPSA) is 95.9 Å². The average molecular weight is 352 g/mol. The van der Waals surface area contributed by atoms with Gasteiger partial charge in [-0.15, -0.1) is 0 Å². The van der Waals surface area contributed by atoms with E-state index in [1.807, 2.05) is 12.2 Å². The molecule has 2 rings (SSSR count). The average Bonchev–Trinajstić information content (AvgIpc) is 3.08. The standard InChI is InChI=1S/C18H28N2O5/c21-13-15-7-5-10-20(15)16(22)12-14-6-3-1-2-4-8-17(23)25-11-9-19-18(14)24/h1,3,14-15,21H,2,4-13H2,(H,19,24)/t14-,15+/m1/s1. The Hall–Kier alpha value is -1.89. The number of carbonyl (C=O) groups is 3. The molecule has 0 aromatic heterocycles. The minimum atomic E-state index is -0.444. The predicted octanol–water partition coefficient (Wildman–Crippen LogP) is 0.766. The fourth-order valence-corrected chi connectivity index (χ4v) is 3.26. The van der Waals surface area contributed by atoms with Gasteiger partial charge in [0.25, 0.3) is 0 Å². The number of aliphatic hydroxyl groups excluding tert-OH is 1. The van der Waals surface area contributed by atoms with E-state index in [1.54, 1.807) is 4.90 Å². The molecule has 2 atom stereocenters. The Morgan fingerprint density at radius 1 is 1.32 bits per heavy atom. The van der Waals surface area contributed by atoms with Gasteiger partial charge in [-0.2, -0.15) is 0 Å². The molecular formula is C18H28N2O5. The number of rotatable bonds is 3. The van der Waals surface area contributed by atoms with Gasteiger partial charge in [0.2, 0.25) is 11.8 Å². The summed E-state index contributed by atoms with van der Waals surface area (Å²) in [7, 11) is 0. The Morgan fingerprint density at radius 2 is 2.16 bits per heavy atom. The van der Waals surface area contributed by atoms with Gasteiger partial charge in [-0.3, -0.25) is 14.4 Å². The molecule has 2 N–H and O–H groups in total. The molecule has 0 aromatic carbocycles. The molecule has 0 aromatic rings. The van der Waals surface area contributed by atoms with Crippen LogP contribution in [0.4, 0.5) is 0 Å². The van der Waals surface area contributed by atoms with Crippen molar-refractivity contribution in [1.29, 1.82) is 0 Å². The first kappa shape index (κ1) is 19.4. The Morgan fingerprint density at radius 3 is 2.96 bits per heavy atom. The van der Waals surface area contributed by atoms with Gasteiger partial charge in [0, 0.05) is 19.4 Å². The highest BCUT2D eigenvalue weighted by Gasteiger charge is 2.31. The van der Waals surface area contributed by atoms with E-state index in [0.717, 1.165) is 19.3 Å². The molecule has 0 unspecified atom stereocenters. The van der Waals surface area contributed by atoms with Crippen molar-refractivity contribution in [3.05, 3.63) is 12.2 Å². The number of aliphatic hydroxyl groups is 1. The molecule has 1 fully saturated rings. The number of ether oxygens (including phenoxy) is 1. The molecule has 0 radical (unpaired) electrons. The van der Waals surface area contributed by atoms with Crippen LogP contribution in [0.5, 0.6) is 0 Å². The molecule has 0 bridgehead atoms. The van der Waals surface area contributed by atoms with Gasteiger partial charge < -0.3 is 20.1 Å². The minimum Gasteiger partial charge on any atom is -0.464 e. The fourth-order valence-electron chi connectivity index (χ4n) is 3.26. The molecule has 7 nitrogen and oxygen atoms in total. The second kappa shape index (κ2) is 10.2. The van der Waals surface area contributed by atoms with Crippen LogP contribution in [0, 0.1) is 5.92 Å². The van der Waals surface area contributed by atoms with Crippen LogP contribution in [0.1, 0.15) is 44.9 Å². The van der Waals surface area contributed by atoms with E-state index in [0.29, 0.717) is 25.8 Å². The SMILES string of the molecule is O=C1CCCC=CC[C@H](CC(=O)N2CCC[C@H]2CO)C(=O)NCCO1. The van der Waals surface area contributed by atoms with Crippen LogP contribution in [-0.4, -0.2) is 60.1 Å². The second-order valence-electron chi connectivity index (χ2n) is 6.58. The van der Waals surface area contributed by atoms with Crippen LogP contribution < -0.4 is 5.32 Å². The molecule has 2 amide bonds. The number of hydrogen-bond donors (Lipinski definition) is 2. The minimum absolute atomic E-state index is 0.0339. The molecule has 1 saturated heterocycles. The van der Waals surface area contributed by atoms with Crippen LogP contribution in [-0.2, 0) is 19.1 Å². The maximum absolute atomic E-state index is 12.5. The van der Waals surface area contributed by atoms with E-state index in [-0.39, 0.29) is 50.0 Å². The van der Waals surface area contributed by atoms with Gasteiger partial charge >= 0.3 is 5.97 Å². The smallest absolute Gasteiger partial charge is 0.305 e. The molecular weight excluding hydrogens is 324 g/mol. The molecule has 0 aliphatic carbocycles. The molecule has 140 valence electrons. The summed E-state index contributed by atoms with van der Waals surface area (Å²) < 4.78 is 5.05. The first-order valence-corrected chi connectivity index (χ1v) is 9.10. The Labute approximate surface area is 148 Å². The lowest BCUT2D eigenvalue weighted by molar-refractivity contribution is -0.144. The van der Waals surface area contributed by atoms with E-state index in [4.69, 9.17) is 4.74 Å². The monoisotopic (exact) mass is 352 g/mol. The van der Waals surface area contributed by atoms with Crippen molar-refractivity contribution in [2.24, 2.45) is 5.92 Å². The number of nitrogens with one attached hydrogen (secondary N) is 1. The molecule has 2 aliphatic rings. The summed E-state index contributed by atoms with van der Waals surface area (Å²) in [6.45, 7) is 1.01. The van der Waals surface area contributed by atoms with Crippen LogP contribution in [0.25, 0.3) is 0 Å². The van der Waals surface area contributed by atoms with Gasteiger partial charge in [-0.1, -0.05) is 12.2 Å². The summed E-state index contributed by atoms with van der Waals surface area (Å²) in [5, 5.41) is 12.1. The van der Waals surface area contributed by atoms with Crippen LogP contribution in [0.2, 0.25) is 0 Å². The predicted molar refractivity (Wildman–Crippen MR) is 91.5 cm³/mol. The van der Waals surface area contributed by atoms with Gasteiger partial charge in [0.1, 0.15) is 6.61 Å². The highest BCUT2D eigenvalue weighted by Crippen LogP contribution is 2.21. The lowest BCUT2D eigenvalue weighted by Gasteiger charge is -2.25. The summed E-state index contributed by atoms with van der Waals surface area (Å²) >= 11 is 0. The Bertz CT molecular complexity index is 506. The second-order valence-corrected chi connectivity index (χ2v) is 6.58. The number of esters is 1. The van der Waals surface area contributed by atoms with Crippen LogP contribution in [0.15, 0.2) is 12.2 Å². The maximum atomic E-state index is 12.5. The summed E-state index contributed by atoms with van der Waals surface area (Å²) in [6, 6.07) is -0.125. The normalized spacial score (nSPS) is 26.2. The summed E-state index contributed by atoms with van der Waals surface area (Å²) in [4.78, 5) is 38.1. The molecule has 2 aliphatic heterocycles. The zero-order valence-corrected chi connectivity index (χ0v) is 14.6. The van der Waals surface area contributed by atoms with Crippen molar-refractivity contribution in [2.45, 2.75) is 51.0 Å². The first-order valence-electron chi connectivity index (χ1n) is 9.10. The number of amides is 2. The molecule has 0 spiro atoms. The highest BCUT2D eigenvalue weighted by atomic mass is 16.5. The lowest BCUT2D eigenvalue weighted by Crippen LogP contribution is -2.41. The zero-order chi connectivity index (χ0) is 18.1.